The zero-order valence-corrected chi connectivity index (χ0v) is 19.2. The smallest absolute Gasteiger partial charge is 0.263 e. The van der Waals surface area contributed by atoms with E-state index in [0.717, 1.165) is 6.26 Å². The molecule has 0 saturated carbocycles. The number of hydrogen-bond acceptors (Lipinski definition) is 4. The molecule has 0 aliphatic rings. The van der Waals surface area contributed by atoms with Crippen LogP contribution in [0.4, 0.5) is 8.78 Å². The van der Waals surface area contributed by atoms with Crippen molar-refractivity contribution in [3.05, 3.63) is 87.3 Å². The summed E-state index contributed by atoms with van der Waals surface area (Å²) in [4.78, 5) is 26.2. The maximum Gasteiger partial charge on any atom is 0.263 e. The minimum absolute atomic E-state index is 0.0819. The first-order valence-electron chi connectivity index (χ1n) is 10.2. The maximum atomic E-state index is 13.2. The summed E-state index contributed by atoms with van der Waals surface area (Å²) in [5.41, 5.74) is 0.890. The lowest BCUT2D eigenvalue weighted by molar-refractivity contribution is 0.0949. The number of hydrogen-bond donors (Lipinski definition) is 1. The molecule has 1 aromatic heterocycles. The van der Waals surface area contributed by atoms with Crippen LogP contribution in [0.15, 0.2) is 64.4 Å². The van der Waals surface area contributed by atoms with E-state index in [1.807, 2.05) is 6.92 Å². The van der Waals surface area contributed by atoms with Crippen LogP contribution >= 0.6 is 0 Å². The van der Waals surface area contributed by atoms with Crippen LogP contribution in [0.3, 0.4) is 0 Å². The molecule has 33 heavy (non-hydrogen) atoms. The van der Waals surface area contributed by atoms with Crippen molar-refractivity contribution in [1.29, 1.82) is 0 Å². The highest BCUT2D eigenvalue weighted by Crippen LogP contribution is 2.26. The second-order valence-electron chi connectivity index (χ2n) is 7.64. The maximum absolute atomic E-state index is 13.2. The average Bonchev–Trinajstić information content (AvgIpc) is 2.77. The number of aryl methyl sites for hydroxylation is 1. The molecule has 1 N–H and O–H groups in total. The number of halogens is 2. The van der Waals surface area contributed by atoms with Gasteiger partial charge in [-0.05, 0) is 43.2 Å². The van der Waals surface area contributed by atoms with E-state index in [1.54, 1.807) is 29.7 Å². The fraction of sp³-hybridized carbons (Fsp3) is 0.250. The van der Waals surface area contributed by atoms with Crippen molar-refractivity contribution in [3.63, 3.8) is 0 Å². The molecule has 0 aliphatic carbocycles. The quantitative estimate of drug-likeness (QED) is 0.558. The summed E-state index contributed by atoms with van der Waals surface area (Å²) in [7, 11) is -3.33. The molecule has 174 valence electrons. The van der Waals surface area contributed by atoms with Gasteiger partial charge in [0.2, 0.25) is 5.43 Å². The summed E-state index contributed by atoms with van der Waals surface area (Å²) < 4.78 is 51.3. The van der Waals surface area contributed by atoms with Crippen molar-refractivity contribution in [1.82, 2.24) is 9.88 Å². The highest BCUT2D eigenvalue weighted by Gasteiger charge is 2.20. The monoisotopic (exact) mass is 474 g/mol. The molecular formula is C24H24F2N2O4S. The van der Waals surface area contributed by atoms with Gasteiger partial charge in [0.15, 0.2) is 9.84 Å². The van der Waals surface area contributed by atoms with Crippen molar-refractivity contribution in [2.45, 2.75) is 38.3 Å². The van der Waals surface area contributed by atoms with Crippen LogP contribution in [0.2, 0.25) is 0 Å². The van der Waals surface area contributed by atoms with E-state index in [4.69, 9.17) is 0 Å². The third-order valence-electron chi connectivity index (χ3n) is 5.37. The van der Waals surface area contributed by atoms with E-state index in [0.29, 0.717) is 23.4 Å². The first-order chi connectivity index (χ1) is 15.5. The van der Waals surface area contributed by atoms with Crippen LogP contribution in [0, 0.1) is 6.92 Å². The minimum atomic E-state index is -3.33. The number of alkyl halides is 2. The van der Waals surface area contributed by atoms with E-state index >= 15 is 0 Å². The zero-order chi connectivity index (χ0) is 24.3. The lowest BCUT2D eigenvalue weighted by atomic mass is 9.99. The van der Waals surface area contributed by atoms with Crippen molar-refractivity contribution in [3.8, 4) is 11.1 Å². The summed E-state index contributed by atoms with van der Waals surface area (Å²) in [5.74, 6) is -0.611. The van der Waals surface area contributed by atoms with E-state index in [1.165, 1.54) is 36.5 Å². The molecule has 1 heterocycles. The first kappa shape index (κ1) is 24.3. The standard InChI is InChI=1S/C24H24F2N2O4S/c1-4-28-14-20(24(30)27-13-16-8-10-19(11-9-16)33(3,31)32)22(29)21(15(28)2)17-6-5-7-18(12-17)23(25)26/h5-12,14,23H,4,13H2,1-3H3,(H,27,30). The Balaban J connectivity index is 1.95. The van der Waals surface area contributed by atoms with E-state index < -0.39 is 27.6 Å². The molecule has 1 amide bonds. The first-order valence-corrected chi connectivity index (χ1v) is 12.1. The minimum Gasteiger partial charge on any atom is -0.350 e. The molecule has 0 bridgehead atoms. The third-order valence-corrected chi connectivity index (χ3v) is 6.49. The van der Waals surface area contributed by atoms with Gasteiger partial charge in [0, 0.05) is 42.4 Å². The van der Waals surface area contributed by atoms with Crippen LogP contribution in [0.25, 0.3) is 11.1 Å². The SMILES string of the molecule is CCn1cc(C(=O)NCc2ccc(S(C)(=O)=O)cc2)c(=O)c(-c2cccc(C(F)F)c2)c1C. The number of nitrogens with one attached hydrogen (secondary N) is 1. The Morgan fingerprint density at radius 1 is 1.12 bits per heavy atom. The molecule has 0 aliphatic heterocycles. The number of amides is 1. The van der Waals surface area contributed by atoms with Crippen LogP contribution in [-0.4, -0.2) is 25.1 Å². The summed E-state index contributed by atoms with van der Waals surface area (Å²) in [5, 5.41) is 2.67. The van der Waals surface area contributed by atoms with Gasteiger partial charge in [-0.25, -0.2) is 17.2 Å². The number of pyridine rings is 1. The van der Waals surface area contributed by atoms with Crippen LogP contribution in [0.5, 0.6) is 0 Å². The van der Waals surface area contributed by atoms with Gasteiger partial charge in [0.25, 0.3) is 12.3 Å². The number of aromatic nitrogens is 1. The predicted molar refractivity (Wildman–Crippen MR) is 122 cm³/mol. The van der Waals surface area contributed by atoms with Crippen molar-refractivity contribution in [2.24, 2.45) is 0 Å². The lowest BCUT2D eigenvalue weighted by Gasteiger charge is -2.16. The lowest BCUT2D eigenvalue weighted by Crippen LogP contribution is -2.30. The molecule has 0 unspecified atom stereocenters. The van der Waals surface area contributed by atoms with Gasteiger partial charge in [0.1, 0.15) is 5.56 Å². The Morgan fingerprint density at radius 2 is 1.79 bits per heavy atom. The van der Waals surface area contributed by atoms with Gasteiger partial charge in [-0.2, -0.15) is 0 Å². The number of sulfone groups is 1. The Morgan fingerprint density at radius 3 is 2.36 bits per heavy atom. The molecule has 0 radical (unpaired) electrons. The average molecular weight is 475 g/mol. The topological polar surface area (TPSA) is 85.2 Å². The Labute approximate surface area is 190 Å². The number of carbonyl (C=O) groups excluding carboxylic acids is 1. The molecule has 0 saturated heterocycles. The number of rotatable bonds is 7. The summed E-state index contributed by atoms with van der Waals surface area (Å²) in [6.45, 7) is 4.11. The van der Waals surface area contributed by atoms with Gasteiger partial charge in [-0.1, -0.05) is 30.3 Å². The molecule has 0 atom stereocenters. The zero-order valence-electron chi connectivity index (χ0n) is 18.4. The Bertz CT molecular complexity index is 1350. The predicted octanol–water partition coefficient (Wildman–Crippen LogP) is 4.11. The molecule has 2 aromatic carbocycles. The molecule has 3 aromatic rings. The summed E-state index contributed by atoms with van der Waals surface area (Å²) in [6.07, 6.45) is -0.117. The van der Waals surface area contributed by atoms with Gasteiger partial charge in [-0.3, -0.25) is 9.59 Å². The fourth-order valence-corrected chi connectivity index (χ4v) is 4.18. The summed E-state index contributed by atoms with van der Waals surface area (Å²) in [6, 6.07) is 11.6. The Hall–Kier alpha value is -3.33. The highest BCUT2D eigenvalue weighted by molar-refractivity contribution is 7.90. The molecule has 9 heteroatoms. The molecular weight excluding hydrogens is 450 g/mol. The van der Waals surface area contributed by atoms with Gasteiger partial charge in [-0.15, -0.1) is 0 Å². The molecule has 0 fully saturated rings. The largest absolute Gasteiger partial charge is 0.350 e. The normalized spacial score (nSPS) is 11.6. The van der Waals surface area contributed by atoms with E-state index in [-0.39, 0.29) is 28.1 Å². The summed E-state index contributed by atoms with van der Waals surface area (Å²) >= 11 is 0. The van der Waals surface area contributed by atoms with E-state index in [9.17, 15) is 26.8 Å². The van der Waals surface area contributed by atoms with Crippen LogP contribution in [-0.2, 0) is 22.9 Å². The second-order valence-corrected chi connectivity index (χ2v) is 9.66. The second kappa shape index (κ2) is 9.66. The van der Waals surface area contributed by atoms with Gasteiger partial charge >= 0.3 is 0 Å². The Kier molecular flexibility index (Phi) is 7.12. The number of nitrogens with zero attached hydrogens (tertiary/aromatic N) is 1. The van der Waals surface area contributed by atoms with E-state index in [2.05, 4.69) is 5.32 Å². The number of benzene rings is 2. The molecule has 0 spiro atoms. The van der Waals surface area contributed by atoms with Crippen molar-refractivity contribution >= 4 is 15.7 Å². The molecule has 3 rings (SSSR count). The number of carbonyl (C=O) groups is 1. The molecule has 6 nitrogen and oxygen atoms in total. The van der Waals surface area contributed by atoms with Gasteiger partial charge < -0.3 is 9.88 Å². The third kappa shape index (κ3) is 5.36. The fourth-order valence-electron chi connectivity index (χ4n) is 3.55. The van der Waals surface area contributed by atoms with Crippen molar-refractivity contribution < 1.29 is 22.0 Å². The highest BCUT2D eigenvalue weighted by atomic mass is 32.2. The van der Waals surface area contributed by atoms with Crippen LogP contribution < -0.4 is 10.7 Å². The van der Waals surface area contributed by atoms with Crippen LogP contribution in [0.1, 0.15) is 40.5 Å². The van der Waals surface area contributed by atoms with Crippen molar-refractivity contribution in [2.75, 3.05) is 6.26 Å². The van der Waals surface area contributed by atoms with Gasteiger partial charge in [0.05, 0.1) is 4.90 Å².